The van der Waals surface area contributed by atoms with Crippen LogP contribution in [0.1, 0.15) is 12.8 Å². The zero-order valence-corrected chi connectivity index (χ0v) is 8.37. The fourth-order valence-corrected chi connectivity index (χ4v) is 2.82. The maximum Gasteiger partial charge on any atom is 0.456 e. The Morgan fingerprint density at radius 1 is 1.29 bits per heavy atom. The molecule has 2 aliphatic rings. The van der Waals surface area contributed by atoms with Crippen LogP contribution in [0.3, 0.4) is 0 Å². The molecule has 5 heteroatoms. The standard InChI is InChI=1S/C9H12F3NS/c10-9(11,12)14-13-5-8-4-6-1-2-7(8)3-6/h1-2,6-8,13H,3-5H2. The largest absolute Gasteiger partial charge is 0.456 e. The third-order valence-electron chi connectivity index (χ3n) is 2.95. The Kier molecular flexibility index (Phi) is 2.79. The first-order valence-electron chi connectivity index (χ1n) is 4.70. The van der Waals surface area contributed by atoms with E-state index in [0.717, 1.165) is 12.8 Å². The molecule has 3 unspecified atom stereocenters. The quantitative estimate of drug-likeness (QED) is 0.583. The summed E-state index contributed by atoms with van der Waals surface area (Å²) in [4.78, 5) is 0. The molecule has 0 aromatic heterocycles. The number of allylic oxidation sites excluding steroid dienone is 2. The molecule has 0 amide bonds. The number of rotatable bonds is 3. The van der Waals surface area contributed by atoms with Crippen molar-refractivity contribution in [2.75, 3.05) is 6.54 Å². The minimum absolute atomic E-state index is 0.126. The highest BCUT2D eigenvalue weighted by molar-refractivity contribution is 7.98. The zero-order valence-electron chi connectivity index (χ0n) is 7.55. The van der Waals surface area contributed by atoms with Crippen LogP contribution in [0.2, 0.25) is 0 Å². The molecule has 2 bridgehead atoms. The summed E-state index contributed by atoms with van der Waals surface area (Å²) in [7, 11) is 0. The first-order chi connectivity index (χ1) is 6.54. The second-order valence-corrected chi connectivity index (χ2v) is 4.89. The van der Waals surface area contributed by atoms with Gasteiger partial charge in [0, 0.05) is 18.5 Å². The average molecular weight is 223 g/mol. The summed E-state index contributed by atoms with van der Waals surface area (Å²) in [6.45, 7) is 0.468. The van der Waals surface area contributed by atoms with Gasteiger partial charge in [0.1, 0.15) is 0 Å². The summed E-state index contributed by atoms with van der Waals surface area (Å²) in [6, 6.07) is 0. The Balaban J connectivity index is 1.70. The maximum absolute atomic E-state index is 11.8. The van der Waals surface area contributed by atoms with Crippen LogP contribution in [-0.4, -0.2) is 12.1 Å². The molecule has 0 saturated heterocycles. The Bertz CT molecular complexity index is 239. The number of fused-ring (bicyclic) bond motifs is 2. The van der Waals surface area contributed by atoms with Gasteiger partial charge < -0.3 is 0 Å². The van der Waals surface area contributed by atoms with Gasteiger partial charge in [0.2, 0.25) is 0 Å². The Morgan fingerprint density at radius 2 is 2.07 bits per heavy atom. The predicted octanol–water partition coefficient (Wildman–Crippen LogP) is 2.96. The average Bonchev–Trinajstić information content (AvgIpc) is 2.62. The van der Waals surface area contributed by atoms with E-state index in [-0.39, 0.29) is 11.9 Å². The maximum atomic E-state index is 11.8. The molecule has 1 nitrogen and oxygen atoms in total. The third kappa shape index (κ3) is 2.45. The van der Waals surface area contributed by atoms with E-state index in [2.05, 4.69) is 16.9 Å². The highest BCUT2D eigenvalue weighted by Gasteiger charge is 2.36. The van der Waals surface area contributed by atoms with Gasteiger partial charge in [-0.25, -0.2) is 0 Å². The van der Waals surface area contributed by atoms with Crippen LogP contribution in [0.25, 0.3) is 0 Å². The lowest BCUT2D eigenvalue weighted by atomic mass is 9.94. The van der Waals surface area contributed by atoms with Crippen molar-refractivity contribution < 1.29 is 13.2 Å². The van der Waals surface area contributed by atoms with Crippen LogP contribution in [0.5, 0.6) is 0 Å². The van der Waals surface area contributed by atoms with Crippen molar-refractivity contribution in [2.24, 2.45) is 17.8 Å². The zero-order chi connectivity index (χ0) is 10.2. The second-order valence-electron chi connectivity index (χ2n) is 3.94. The van der Waals surface area contributed by atoms with Gasteiger partial charge in [0.05, 0.1) is 0 Å². The van der Waals surface area contributed by atoms with E-state index in [1.165, 1.54) is 0 Å². The molecule has 0 radical (unpaired) electrons. The Labute approximate surface area is 85.3 Å². The number of hydrogen-bond acceptors (Lipinski definition) is 2. The van der Waals surface area contributed by atoms with E-state index in [1.54, 1.807) is 0 Å². The lowest BCUT2D eigenvalue weighted by molar-refractivity contribution is -0.0336. The molecular weight excluding hydrogens is 211 g/mol. The van der Waals surface area contributed by atoms with Crippen LogP contribution in [0, 0.1) is 17.8 Å². The van der Waals surface area contributed by atoms with Gasteiger partial charge in [-0.3, -0.25) is 4.72 Å². The molecule has 0 heterocycles. The molecule has 1 saturated carbocycles. The van der Waals surface area contributed by atoms with Crippen molar-refractivity contribution >= 4 is 11.9 Å². The van der Waals surface area contributed by atoms with E-state index >= 15 is 0 Å². The van der Waals surface area contributed by atoms with Crippen molar-refractivity contribution in [1.82, 2.24) is 4.72 Å². The van der Waals surface area contributed by atoms with E-state index in [0.29, 0.717) is 24.3 Å². The smallest absolute Gasteiger partial charge is 0.256 e. The Morgan fingerprint density at radius 3 is 2.57 bits per heavy atom. The number of nitrogens with one attached hydrogen (secondary N) is 1. The molecular formula is C9H12F3NS. The normalized spacial score (nSPS) is 35.5. The fraction of sp³-hybridized carbons (Fsp3) is 0.778. The van der Waals surface area contributed by atoms with Gasteiger partial charge in [0.25, 0.3) is 0 Å². The molecule has 0 aromatic rings. The van der Waals surface area contributed by atoms with Crippen molar-refractivity contribution in [3.05, 3.63) is 12.2 Å². The molecule has 2 rings (SSSR count). The van der Waals surface area contributed by atoms with Crippen LogP contribution in [0.4, 0.5) is 13.2 Å². The van der Waals surface area contributed by atoms with Crippen LogP contribution in [-0.2, 0) is 0 Å². The molecule has 80 valence electrons. The molecule has 1 fully saturated rings. The van der Waals surface area contributed by atoms with E-state index in [1.807, 2.05) is 0 Å². The Hall–Kier alpha value is -0.160. The minimum atomic E-state index is -4.16. The summed E-state index contributed by atoms with van der Waals surface area (Å²) in [5.41, 5.74) is -4.16. The first kappa shape index (κ1) is 10.4. The third-order valence-corrected chi connectivity index (χ3v) is 3.49. The van der Waals surface area contributed by atoms with E-state index < -0.39 is 5.51 Å². The summed E-state index contributed by atoms with van der Waals surface area (Å²) in [5.74, 6) is 1.55. The van der Waals surface area contributed by atoms with E-state index in [9.17, 15) is 13.2 Å². The molecule has 14 heavy (non-hydrogen) atoms. The van der Waals surface area contributed by atoms with Crippen molar-refractivity contribution in [3.8, 4) is 0 Å². The monoisotopic (exact) mass is 223 g/mol. The number of hydrogen-bond donors (Lipinski definition) is 1. The molecule has 3 atom stereocenters. The van der Waals surface area contributed by atoms with E-state index in [4.69, 9.17) is 0 Å². The number of alkyl halides is 3. The van der Waals surface area contributed by atoms with Gasteiger partial charge in [-0.2, -0.15) is 13.2 Å². The highest BCUT2D eigenvalue weighted by atomic mass is 32.2. The summed E-state index contributed by atoms with van der Waals surface area (Å²) in [6.07, 6.45) is 6.53. The fourth-order valence-electron chi connectivity index (χ4n) is 2.36. The van der Waals surface area contributed by atoms with Gasteiger partial charge in [-0.05, 0) is 30.6 Å². The summed E-state index contributed by atoms with van der Waals surface area (Å²) < 4.78 is 37.8. The molecule has 0 aromatic carbocycles. The topological polar surface area (TPSA) is 12.0 Å². The predicted molar refractivity (Wildman–Crippen MR) is 50.5 cm³/mol. The van der Waals surface area contributed by atoms with Crippen LogP contribution < -0.4 is 4.72 Å². The van der Waals surface area contributed by atoms with Gasteiger partial charge in [-0.1, -0.05) is 12.2 Å². The van der Waals surface area contributed by atoms with Gasteiger partial charge >= 0.3 is 5.51 Å². The number of halogens is 3. The molecule has 1 N–H and O–H groups in total. The molecule has 2 aliphatic carbocycles. The van der Waals surface area contributed by atoms with Crippen molar-refractivity contribution in [2.45, 2.75) is 18.3 Å². The van der Waals surface area contributed by atoms with Crippen LogP contribution in [0.15, 0.2) is 12.2 Å². The summed E-state index contributed by atoms with van der Waals surface area (Å²) in [5, 5.41) is 0. The lowest BCUT2D eigenvalue weighted by Gasteiger charge is -2.18. The molecule has 0 spiro atoms. The van der Waals surface area contributed by atoms with Crippen molar-refractivity contribution in [1.29, 1.82) is 0 Å². The molecule has 0 aliphatic heterocycles. The first-order valence-corrected chi connectivity index (χ1v) is 5.52. The van der Waals surface area contributed by atoms with Crippen LogP contribution >= 0.6 is 11.9 Å². The lowest BCUT2D eigenvalue weighted by Crippen LogP contribution is -2.23. The van der Waals surface area contributed by atoms with Crippen molar-refractivity contribution in [3.63, 3.8) is 0 Å². The van der Waals surface area contributed by atoms with Gasteiger partial charge in [-0.15, -0.1) is 0 Å². The minimum Gasteiger partial charge on any atom is -0.256 e. The second kappa shape index (κ2) is 3.77. The highest BCUT2D eigenvalue weighted by Crippen LogP contribution is 2.43. The summed E-state index contributed by atoms with van der Waals surface area (Å²) >= 11 is -0.126. The van der Waals surface area contributed by atoms with Gasteiger partial charge in [0.15, 0.2) is 0 Å². The SMILES string of the molecule is FC(F)(F)SNCC1CC2C=CC1C2.